The van der Waals surface area contributed by atoms with Gasteiger partial charge in [0.15, 0.2) is 17.2 Å². The van der Waals surface area contributed by atoms with Gasteiger partial charge in [0, 0.05) is 0 Å². The minimum Gasteiger partial charge on any atom is -0.493 e. The molecule has 0 spiro atoms. The van der Waals surface area contributed by atoms with Crippen LogP contribution in [-0.4, -0.2) is 24.9 Å². The average Bonchev–Trinajstić information content (AvgIpc) is 3.15. The summed E-state index contributed by atoms with van der Waals surface area (Å²) in [6.07, 6.45) is 1.41. The number of nitrogens with zero attached hydrogens (tertiary/aromatic N) is 1. The van der Waals surface area contributed by atoms with Crippen LogP contribution in [0.15, 0.2) is 77.4 Å². The number of cyclic esters (lactones) is 1. The van der Waals surface area contributed by atoms with Crippen LogP contribution in [-0.2, 0) is 9.53 Å². The van der Waals surface area contributed by atoms with Crippen molar-refractivity contribution in [3.63, 3.8) is 0 Å². The zero-order valence-corrected chi connectivity index (χ0v) is 17.4. The van der Waals surface area contributed by atoms with Crippen LogP contribution >= 0.6 is 11.6 Å². The van der Waals surface area contributed by atoms with Gasteiger partial charge < -0.3 is 14.2 Å². The molecular formula is C24H15ClFNO5. The highest BCUT2D eigenvalue weighted by Crippen LogP contribution is 2.38. The van der Waals surface area contributed by atoms with E-state index in [0.717, 1.165) is 0 Å². The highest BCUT2D eigenvalue weighted by molar-refractivity contribution is 6.32. The summed E-state index contributed by atoms with van der Waals surface area (Å²) in [5, 5.41) is 0.0881. The number of hydrogen-bond acceptors (Lipinski definition) is 6. The van der Waals surface area contributed by atoms with E-state index in [1.165, 1.54) is 43.5 Å². The minimum atomic E-state index is -0.738. The molecule has 0 unspecified atom stereocenters. The molecule has 4 rings (SSSR count). The molecule has 0 saturated heterocycles. The lowest BCUT2D eigenvalue weighted by atomic mass is 10.1. The number of esters is 2. The van der Waals surface area contributed by atoms with E-state index in [1.807, 2.05) is 0 Å². The zero-order valence-electron chi connectivity index (χ0n) is 16.7. The van der Waals surface area contributed by atoms with Gasteiger partial charge in [-0.25, -0.2) is 19.0 Å². The average molecular weight is 452 g/mol. The minimum absolute atomic E-state index is 0.0368. The Bertz CT molecular complexity index is 1270. The molecule has 3 aromatic carbocycles. The highest BCUT2D eigenvalue weighted by atomic mass is 35.5. The lowest BCUT2D eigenvalue weighted by molar-refractivity contribution is -0.129. The molecule has 0 atom stereocenters. The number of aliphatic imine (C=N–C) groups is 1. The van der Waals surface area contributed by atoms with Crippen LogP contribution in [0, 0.1) is 5.82 Å². The van der Waals surface area contributed by atoms with Gasteiger partial charge in [0.05, 0.1) is 23.3 Å². The molecule has 1 aliphatic heterocycles. The lowest BCUT2D eigenvalue weighted by Gasteiger charge is -2.12. The zero-order chi connectivity index (χ0) is 22.7. The molecule has 6 nitrogen and oxygen atoms in total. The summed E-state index contributed by atoms with van der Waals surface area (Å²) in [5.41, 5.74) is 0.816. The first-order valence-corrected chi connectivity index (χ1v) is 9.76. The van der Waals surface area contributed by atoms with Gasteiger partial charge >= 0.3 is 11.9 Å². The highest BCUT2D eigenvalue weighted by Gasteiger charge is 2.26. The second kappa shape index (κ2) is 9.03. The Hall–Kier alpha value is -3.97. The smallest absolute Gasteiger partial charge is 0.363 e. The summed E-state index contributed by atoms with van der Waals surface area (Å²) in [7, 11) is 1.39. The number of ether oxygens (including phenoxy) is 3. The molecule has 0 fully saturated rings. The molecule has 1 aliphatic rings. The molecule has 1 heterocycles. The van der Waals surface area contributed by atoms with E-state index in [1.54, 1.807) is 36.4 Å². The molecule has 0 amide bonds. The maximum Gasteiger partial charge on any atom is 0.363 e. The van der Waals surface area contributed by atoms with E-state index in [0.29, 0.717) is 11.1 Å². The fraction of sp³-hybridized carbons (Fsp3) is 0.0417. The van der Waals surface area contributed by atoms with Gasteiger partial charge in [-0.1, -0.05) is 41.9 Å². The number of carbonyl (C=O) groups excluding carboxylic acids is 2. The number of methoxy groups -OCH3 is 1. The maximum absolute atomic E-state index is 14.0. The van der Waals surface area contributed by atoms with E-state index in [4.69, 9.17) is 25.8 Å². The van der Waals surface area contributed by atoms with Crippen molar-refractivity contribution in [2.45, 2.75) is 0 Å². The fourth-order valence-electron chi connectivity index (χ4n) is 2.96. The maximum atomic E-state index is 14.0. The van der Waals surface area contributed by atoms with Crippen molar-refractivity contribution >= 4 is 35.5 Å². The predicted molar refractivity (Wildman–Crippen MR) is 116 cm³/mol. The first-order chi connectivity index (χ1) is 15.5. The second-order valence-corrected chi connectivity index (χ2v) is 7.01. The molecule has 0 N–H and O–H groups in total. The van der Waals surface area contributed by atoms with Crippen LogP contribution in [0.3, 0.4) is 0 Å². The lowest BCUT2D eigenvalue weighted by Crippen LogP contribution is -2.09. The van der Waals surface area contributed by atoms with Crippen molar-refractivity contribution in [2.24, 2.45) is 4.99 Å². The largest absolute Gasteiger partial charge is 0.493 e. The van der Waals surface area contributed by atoms with Gasteiger partial charge in [-0.05, 0) is 48.0 Å². The molecule has 0 radical (unpaired) electrons. The Kier molecular flexibility index (Phi) is 6.00. The van der Waals surface area contributed by atoms with Gasteiger partial charge in [-0.3, -0.25) is 0 Å². The Balaban J connectivity index is 1.64. The van der Waals surface area contributed by atoms with Crippen LogP contribution in [0.5, 0.6) is 11.5 Å². The Morgan fingerprint density at radius 3 is 2.53 bits per heavy atom. The summed E-state index contributed by atoms with van der Waals surface area (Å²) in [5.74, 6) is -1.82. The third kappa shape index (κ3) is 4.38. The van der Waals surface area contributed by atoms with E-state index in [9.17, 15) is 14.0 Å². The van der Waals surface area contributed by atoms with Crippen molar-refractivity contribution in [2.75, 3.05) is 7.11 Å². The number of benzene rings is 3. The molecule has 0 aromatic heterocycles. The molecule has 160 valence electrons. The summed E-state index contributed by atoms with van der Waals surface area (Å²) >= 11 is 6.32. The molecule has 0 aliphatic carbocycles. The Labute approximate surface area is 187 Å². The Morgan fingerprint density at radius 1 is 1.09 bits per heavy atom. The van der Waals surface area contributed by atoms with Crippen LogP contribution in [0.4, 0.5) is 4.39 Å². The Morgan fingerprint density at radius 2 is 1.81 bits per heavy atom. The van der Waals surface area contributed by atoms with Crippen molar-refractivity contribution in [1.29, 1.82) is 0 Å². The quantitative estimate of drug-likeness (QED) is 0.308. The molecule has 32 heavy (non-hydrogen) atoms. The topological polar surface area (TPSA) is 74.2 Å². The van der Waals surface area contributed by atoms with Crippen LogP contribution in [0.2, 0.25) is 5.02 Å². The van der Waals surface area contributed by atoms with Gasteiger partial charge in [0.1, 0.15) is 5.82 Å². The monoisotopic (exact) mass is 451 g/mol. The third-order valence-electron chi connectivity index (χ3n) is 4.48. The second-order valence-electron chi connectivity index (χ2n) is 6.61. The summed E-state index contributed by atoms with van der Waals surface area (Å²) in [6, 6.07) is 17.3. The van der Waals surface area contributed by atoms with E-state index in [2.05, 4.69) is 4.99 Å². The van der Waals surface area contributed by atoms with E-state index < -0.39 is 17.8 Å². The first-order valence-electron chi connectivity index (χ1n) is 9.38. The van der Waals surface area contributed by atoms with Crippen molar-refractivity contribution < 1.29 is 28.2 Å². The summed E-state index contributed by atoms with van der Waals surface area (Å²) in [4.78, 5) is 28.7. The fourth-order valence-corrected chi connectivity index (χ4v) is 3.22. The first kappa shape index (κ1) is 21.3. The van der Waals surface area contributed by atoms with Crippen LogP contribution in [0.1, 0.15) is 21.5 Å². The summed E-state index contributed by atoms with van der Waals surface area (Å²) < 4.78 is 29.8. The number of hydrogen-bond donors (Lipinski definition) is 0. The van der Waals surface area contributed by atoms with Gasteiger partial charge in [0.25, 0.3) is 0 Å². The molecule has 0 saturated carbocycles. The number of halogens is 2. The number of carbonyl (C=O) groups is 2. The third-order valence-corrected chi connectivity index (χ3v) is 4.76. The SMILES string of the molecule is COc1cc(/C=C2\N=C(c3ccccc3F)OC2=O)cc(Cl)c1OC(=O)c1ccccc1. The van der Waals surface area contributed by atoms with Crippen molar-refractivity contribution in [1.82, 2.24) is 0 Å². The van der Waals surface area contributed by atoms with Crippen molar-refractivity contribution in [3.8, 4) is 11.5 Å². The van der Waals surface area contributed by atoms with E-state index >= 15 is 0 Å². The molecular weight excluding hydrogens is 437 g/mol. The summed E-state index contributed by atoms with van der Waals surface area (Å²) in [6.45, 7) is 0. The van der Waals surface area contributed by atoms with Gasteiger partial charge in [0.2, 0.25) is 5.90 Å². The van der Waals surface area contributed by atoms with E-state index in [-0.39, 0.29) is 33.7 Å². The van der Waals surface area contributed by atoms with Gasteiger partial charge in [-0.15, -0.1) is 0 Å². The molecule has 0 bridgehead atoms. The predicted octanol–water partition coefficient (Wildman–Crippen LogP) is 5.05. The van der Waals surface area contributed by atoms with Gasteiger partial charge in [-0.2, -0.15) is 0 Å². The van der Waals surface area contributed by atoms with Crippen LogP contribution < -0.4 is 9.47 Å². The number of rotatable bonds is 5. The standard InChI is InChI=1S/C24H15ClFNO5/c1-30-20-13-14(11-17(25)21(20)31-23(28)15-7-3-2-4-8-15)12-19-24(29)32-22(27-19)16-9-5-6-10-18(16)26/h2-13H,1H3/b19-12-. The van der Waals surface area contributed by atoms with Crippen molar-refractivity contribution in [3.05, 3.63) is 100.0 Å². The molecule has 8 heteroatoms. The normalized spacial score (nSPS) is 14.2. The molecule has 3 aromatic rings. The van der Waals surface area contributed by atoms with Crippen LogP contribution in [0.25, 0.3) is 6.08 Å².